The lowest BCUT2D eigenvalue weighted by Crippen LogP contribution is -2.08. The SMILES string of the molecule is Cc1c(C#CCC(N)=O)cc(F)cc1[N+](=O)[O-]. The van der Waals surface area contributed by atoms with Gasteiger partial charge in [0, 0.05) is 11.1 Å². The first-order valence-electron chi connectivity index (χ1n) is 4.63. The molecule has 0 aliphatic rings. The third kappa shape index (κ3) is 3.28. The largest absolute Gasteiger partial charge is 0.369 e. The van der Waals surface area contributed by atoms with Gasteiger partial charge in [-0.3, -0.25) is 14.9 Å². The van der Waals surface area contributed by atoms with E-state index in [1.807, 2.05) is 0 Å². The molecule has 0 aliphatic carbocycles. The summed E-state index contributed by atoms with van der Waals surface area (Å²) in [6.45, 7) is 1.46. The summed E-state index contributed by atoms with van der Waals surface area (Å²) < 4.78 is 13.1. The molecule has 1 amide bonds. The second kappa shape index (κ2) is 5.07. The molecule has 5 nitrogen and oxygen atoms in total. The Kier molecular flexibility index (Phi) is 3.78. The average molecular weight is 236 g/mol. The van der Waals surface area contributed by atoms with Gasteiger partial charge in [-0.15, -0.1) is 0 Å². The highest BCUT2D eigenvalue weighted by atomic mass is 19.1. The van der Waals surface area contributed by atoms with E-state index >= 15 is 0 Å². The van der Waals surface area contributed by atoms with E-state index in [0.717, 1.165) is 12.1 Å². The molecule has 0 radical (unpaired) electrons. The summed E-state index contributed by atoms with van der Waals surface area (Å²) in [5.41, 5.74) is 4.98. The molecule has 0 aromatic heterocycles. The van der Waals surface area contributed by atoms with Crippen molar-refractivity contribution in [2.75, 3.05) is 0 Å². The van der Waals surface area contributed by atoms with Gasteiger partial charge in [0.25, 0.3) is 5.69 Å². The molecule has 2 N–H and O–H groups in total. The van der Waals surface area contributed by atoms with Crippen molar-refractivity contribution in [3.63, 3.8) is 0 Å². The highest BCUT2D eigenvalue weighted by Crippen LogP contribution is 2.22. The summed E-state index contributed by atoms with van der Waals surface area (Å²) in [5.74, 6) is 3.55. The van der Waals surface area contributed by atoms with Crippen LogP contribution >= 0.6 is 0 Å². The van der Waals surface area contributed by atoms with Gasteiger partial charge in [-0.25, -0.2) is 4.39 Å². The predicted molar refractivity (Wildman–Crippen MR) is 58.5 cm³/mol. The minimum atomic E-state index is -0.745. The summed E-state index contributed by atoms with van der Waals surface area (Å²) in [4.78, 5) is 20.4. The minimum absolute atomic E-state index is 0.177. The Morgan fingerprint density at radius 2 is 2.24 bits per heavy atom. The van der Waals surface area contributed by atoms with E-state index in [-0.39, 0.29) is 23.2 Å². The molecule has 17 heavy (non-hydrogen) atoms. The van der Waals surface area contributed by atoms with Crippen LogP contribution in [-0.4, -0.2) is 10.8 Å². The molecule has 6 heteroatoms. The lowest BCUT2D eigenvalue weighted by Gasteiger charge is -2.00. The first kappa shape index (κ1) is 12.6. The number of carbonyl (C=O) groups is 1. The van der Waals surface area contributed by atoms with Crippen molar-refractivity contribution in [3.8, 4) is 11.8 Å². The molecule has 0 atom stereocenters. The Labute approximate surface area is 96.6 Å². The van der Waals surface area contributed by atoms with Crippen molar-refractivity contribution in [1.29, 1.82) is 0 Å². The summed E-state index contributed by atoms with van der Waals surface area (Å²) >= 11 is 0. The topological polar surface area (TPSA) is 86.2 Å². The van der Waals surface area contributed by atoms with E-state index in [1.165, 1.54) is 6.92 Å². The van der Waals surface area contributed by atoms with Gasteiger partial charge in [0.05, 0.1) is 17.4 Å². The fraction of sp³-hybridized carbons (Fsp3) is 0.182. The molecule has 0 bridgehead atoms. The van der Waals surface area contributed by atoms with Gasteiger partial charge in [-0.2, -0.15) is 0 Å². The fourth-order valence-corrected chi connectivity index (χ4v) is 1.21. The molecule has 88 valence electrons. The molecule has 1 aromatic rings. The minimum Gasteiger partial charge on any atom is -0.369 e. The van der Waals surface area contributed by atoms with Crippen LogP contribution in [0, 0.1) is 34.7 Å². The van der Waals surface area contributed by atoms with Crippen LogP contribution in [0.4, 0.5) is 10.1 Å². The zero-order valence-electron chi connectivity index (χ0n) is 8.99. The molecular weight excluding hydrogens is 227 g/mol. The first-order chi connectivity index (χ1) is 7.91. The maximum Gasteiger partial charge on any atom is 0.276 e. The van der Waals surface area contributed by atoms with Gasteiger partial charge in [0.15, 0.2) is 0 Å². The Balaban J connectivity index is 3.19. The Hall–Kier alpha value is -2.42. The molecule has 0 fully saturated rings. The Morgan fingerprint density at radius 1 is 1.59 bits per heavy atom. The second-order valence-corrected chi connectivity index (χ2v) is 3.30. The van der Waals surface area contributed by atoms with Crippen molar-refractivity contribution in [1.82, 2.24) is 0 Å². The monoisotopic (exact) mass is 236 g/mol. The number of carbonyl (C=O) groups excluding carboxylic acids is 1. The maximum absolute atomic E-state index is 13.1. The van der Waals surface area contributed by atoms with Crippen molar-refractivity contribution in [2.24, 2.45) is 5.73 Å². The van der Waals surface area contributed by atoms with Crippen LogP contribution in [0.25, 0.3) is 0 Å². The van der Waals surface area contributed by atoms with Gasteiger partial charge >= 0.3 is 0 Å². The van der Waals surface area contributed by atoms with E-state index in [1.54, 1.807) is 0 Å². The zero-order valence-corrected chi connectivity index (χ0v) is 8.99. The van der Waals surface area contributed by atoms with Crippen LogP contribution < -0.4 is 5.73 Å². The van der Waals surface area contributed by atoms with Gasteiger partial charge < -0.3 is 5.73 Å². The average Bonchev–Trinajstić information content (AvgIpc) is 2.21. The Bertz CT molecular complexity index is 544. The number of nitrogens with zero attached hydrogens (tertiary/aromatic N) is 1. The summed E-state index contributed by atoms with van der Waals surface area (Å²) in [5, 5.41) is 10.6. The smallest absolute Gasteiger partial charge is 0.276 e. The number of rotatable bonds is 2. The van der Waals surface area contributed by atoms with Crippen LogP contribution in [-0.2, 0) is 4.79 Å². The summed E-state index contributed by atoms with van der Waals surface area (Å²) in [6, 6.07) is 1.91. The van der Waals surface area contributed by atoms with Crippen LogP contribution in [0.15, 0.2) is 12.1 Å². The van der Waals surface area contributed by atoms with Crippen LogP contribution in [0.3, 0.4) is 0 Å². The third-order valence-corrected chi connectivity index (χ3v) is 2.03. The predicted octanol–water partition coefficient (Wildman–Crippen LogP) is 1.27. The van der Waals surface area contributed by atoms with E-state index in [2.05, 4.69) is 11.8 Å². The highest BCUT2D eigenvalue weighted by Gasteiger charge is 2.15. The maximum atomic E-state index is 13.1. The van der Waals surface area contributed by atoms with E-state index < -0.39 is 16.6 Å². The normalized spacial score (nSPS) is 9.29. The van der Waals surface area contributed by atoms with Crippen LogP contribution in [0.1, 0.15) is 17.5 Å². The zero-order chi connectivity index (χ0) is 13.0. The number of nitro benzene ring substituents is 1. The molecule has 1 aromatic carbocycles. The molecule has 0 saturated carbocycles. The summed E-state index contributed by atoms with van der Waals surface area (Å²) in [7, 11) is 0. The van der Waals surface area contributed by atoms with E-state index in [4.69, 9.17) is 5.73 Å². The molecule has 0 saturated heterocycles. The van der Waals surface area contributed by atoms with Gasteiger partial charge in [-0.05, 0) is 13.0 Å². The Morgan fingerprint density at radius 3 is 2.76 bits per heavy atom. The molecule has 0 spiro atoms. The fourth-order valence-electron chi connectivity index (χ4n) is 1.21. The molecule has 1 rings (SSSR count). The summed E-state index contributed by atoms with van der Waals surface area (Å²) in [6.07, 6.45) is -0.177. The number of benzene rings is 1. The standard InChI is InChI=1S/C11H9FN2O3/c1-7-8(3-2-4-11(13)15)5-9(12)6-10(7)14(16)17/h5-6H,4H2,1H3,(H2,13,15). The number of amides is 1. The lowest BCUT2D eigenvalue weighted by atomic mass is 10.1. The number of hydrogen-bond donors (Lipinski definition) is 1. The second-order valence-electron chi connectivity index (χ2n) is 3.30. The van der Waals surface area contributed by atoms with Gasteiger partial charge in [-0.1, -0.05) is 11.8 Å². The van der Waals surface area contributed by atoms with Crippen LogP contribution in [0.2, 0.25) is 0 Å². The number of halogens is 1. The number of hydrogen-bond acceptors (Lipinski definition) is 3. The van der Waals surface area contributed by atoms with Gasteiger partial charge in [0.1, 0.15) is 5.82 Å². The van der Waals surface area contributed by atoms with E-state index in [9.17, 15) is 19.3 Å². The van der Waals surface area contributed by atoms with Crippen molar-refractivity contribution in [3.05, 3.63) is 39.2 Å². The number of nitrogens with two attached hydrogens (primary N) is 1. The van der Waals surface area contributed by atoms with Crippen molar-refractivity contribution >= 4 is 11.6 Å². The first-order valence-corrected chi connectivity index (χ1v) is 4.63. The van der Waals surface area contributed by atoms with Gasteiger partial charge in [0.2, 0.25) is 5.91 Å². The third-order valence-electron chi connectivity index (χ3n) is 2.03. The van der Waals surface area contributed by atoms with Crippen LogP contribution in [0.5, 0.6) is 0 Å². The van der Waals surface area contributed by atoms with Crippen molar-refractivity contribution < 1.29 is 14.1 Å². The van der Waals surface area contributed by atoms with E-state index in [0.29, 0.717) is 0 Å². The number of primary amides is 1. The number of nitro groups is 1. The molecular formula is C11H9FN2O3. The van der Waals surface area contributed by atoms with Crippen molar-refractivity contribution in [2.45, 2.75) is 13.3 Å². The quantitative estimate of drug-likeness (QED) is 0.476. The highest BCUT2D eigenvalue weighted by molar-refractivity contribution is 5.76. The molecule has 0 unspecified atom stereocenters. The molecule has 0 aliphatic heterocycles. The molecule has 0 heterocycles. The lowest BCUT2D eigenvalue weighted by molar-refractivity contribution is -0.385.